The van der Waals surface area contributed by atoms with Crippen LogP contribution < -0.4 is 16.4 Å². The van der Waals surface area contributed by atoms with Gasteiger partial charge >= 0.3 is 0 Å². The second-order valence-electron chi connectivity index (χ2n) is 4.43. The Morgan fingerprint density at radius 1 is 1.39 bits per heavy atom. The number of primary amides is 1. The van der Waals surface area contributed by atoms with Crippen molar-refractivity contribution >= 4 is 22.5 Å². The van der Waals surface area contributed by atoms with Crippen LogP contribution in [0, 0.1) is 0 Å². The SMILES string of the molecule is NC(=O)c1cnc2ccccc2c1NC1CNC1. The molecule has 1 aromatic heterocycles. The molecular formula is C13H14N4O. The maximum atomic E-state index is 11.5. The first kappa shape index (κ1) is 11.0. The molecule has 1 aliphatic heterocycles. The van der Waals surface area contributed by atoms with Crippen LogP contribution in [0.15, 0.2) is 30.5 Å². The molecule has 4 N–H and O–H groups in total. The highest BCUT2D eigenvalue weighted by molar-refractivity contribution is 6.06. The number of benzene rings is 1. The Morgan fingerprint density at radius 3 is 2.83 bits per heavy atom. The Labute approximate surface area is 104 Å². The van der Waals surface area contributed by atoms with Gasteiger partial charge in [0.25, 0.3) is 5.91 Å². The van der Waals surface area contributed by atoms with Crippen LogP contribution in [0.5, 0.6) is 0 Å². The molecule has 1 aliphatic rings. The first-order valence-corrected chi connectivity index (χ1v) is 5.90. The van der Waals surface area contributed by atoms with Crippen molar-refractivity contribution in [3.63, 3.8) is 0 Å². The summed E-state index contributed by atoms with van der Waals surface area (Å²) in [5.74, 6) is -0.456. The highest BCUT2D eigenvalue weighted by atomic mass is 16.1. The fourth-order valence-electron chi connectivity index (χ4n) is 2.08. The van der Waals surface area contributed by atoms with E-state index < -0.39 is 5.91 Å². The average molecular weight is 242 g/mol. The molecule has 92 valence electrons. The van der Waals surface area contributed by atoms with Crippen LogP contribution in [0.4, 0.5) is 5.69 Å². The topological polar surface area (TPSA) is 80.0 Å². The number of anilines is 1. The summed E-state index contributed by atoms with van der Waals surface area (Å²) in [6.07, 6.45) is 1.54. The van der Waals surface area contributed by atoms with Crippen LogP contribution in [0.3, 0.4) is 0 Å². The first-order valence-electron chi connectivity index (χ1n) is 5.90. The summed E-state index contributed by atoms with van der Waals surface area (Å²) in [6, 6.07) is 8.06. The fourth-order valence-corrected chi connectivity index (χ4v) is 2.08. The van der Waals surface area contributed by atoms with Gasteiger partial charge in [-0.05, 0) is 6.07 Å². The van der Waals surface area contributed by atoms with E-state index in [-0.39, 0.29) is 0 Å². The highest BCUT2D eigenvalue weighted by Gasteiger charge is 2.20. The predicted octanol–water partition coefficient (Wildman–Crippen LogP) is 0.717. The van der Waals surface area contributed by atoms with E-state index >= 15 is 0 Å². The molecule has 18 heavy (non-hydrogen) atoms. The van der Waals surface area contributed by atoms with Crippen LogP contribution in [0.2, 0.25) is 0 Å². The van der Waals surface area contributed by atoms with E-state index in [9.17, 15) is 4.79 Å². The molecule has 2 aromatic rings. The third kappa shape index (κ3) is 1.78. The van der Waals surface area contributed by atoms with Gasteiger partial charge in [-0.25, -0.2) is 0 Å². The second kappa shape index (κ2) is 4.27. The zero-order valence-electron chi connectivity index (χ0n) is 9.81. The Morgan fingerprint density at radius 2 is 2.17 bits per heavy atom. The number of aromatic nitrogens is 1. The van der Waals surface area contributed by atoms with Gasteiger partial charge in [0.2, 0.25) is 0 Å². The smallest absolute Gasteiger partial charge is 0.252 e. The highest BCUT2D eigenvalue weighted by Crippen LogP contribution is 2.26. The quantitative estimate of drug-likeness (QED) is 0.740. The third-order valence-corrected chi connectivity index (χ3v) is 3.17. The van der Waals surface area contributed by atoms with E-state index in [1.807, 2.05) is 24.3 Å². The van der Waals surface area contributed by atoms with E-state index in [1.54, 1.807) is 6.20 Å². The third-order valence-electron chi connectivity index (χ3n) is 3.17. The second-order valence-corrected chi connectivity index (χ2v) is 4.43. The number of pyridine rings is 1. The normalized spacial score (nSPS) is 15.3. The molecule has 1 amide bonds. The van der Waals surface area contributed by atoms with Crippen LogP contribution >= 0.6 is 0 Å². The van der Waals surface area contributed by atoms with Crippen molar-refractivity contribution in [2.24, 2.45) is 5.73 Å². The zero-order chi connectivity index (χ0) is 12.5. The number of carbonyl (C=O) groups is 1. The Hall–Kier alpha value is -2.14. The molecule has 0 unspecified atom stereocenters. The summed E-state index contributed by atoms with van der Waals surface area (Å²) in [5, 5.41) is 7.48. The summed E-state index contributed by atoms with van der Waals surface area (Å²) in [6.45, 7) is 1.80. The Bertz CT molecular complexity index is 607. The van der Waals surface area contributed by atoms with Gasteiger partial charge in [0, 0.05) is 24.7 Å². The number of rotatable bonds is 3. The molecule has 0 saturated carbocycles. The van der Waals surface area contributed by atoms with Crippen molar-refractivity contribution in [1.29, 1.82) is 0 Å². The van der Waals surface area contributed by atoms with Gasteiger partial charge in [-0.15, -0.1) is 0 Å². The van der Waals surface area contributed by atoms with E-state index in [2.05, 4.69) is 15.6 Å². The number of nitrogens with two attached hydrogens (primary N) is 1. The number of para-hydroxylation sites is 1. The van der Waals surface area contributed by atoms with Crippen molar-refractivity contribution in [2.75, 3.05) is 18.4 Å². The van der Waals surface area contributed by atoms with Crippen molar-refractivity contribution in [2.45, 2.75) is 6.04 Å². The number of hydrogen-bond donors (Lipinski definition) is 3. The molecule has 0 spiro atoms. The number of fused-ring (bicyclic) bond motifs is 1. The Kier molecular flexibility index (Phi) is 2.60. The lowest BCUT2D eigenvalue weighted by Crippen LogP contribution is -2.51. The number of nitrogens with one attached hydrogen (secondary N) is 2. The Balaban J connectivity index is 2.14. The van der Waals surface area contributed by atoms with Crippen molar-refractivity contribution in [1.82, 2.24) is 10.3 Å². The fraction of sp³-hybridized carbons (Fsp3) is 0.231. The van der Waals surface area contributed by atoms with Crippen LogP contribution in [-0.4, -0.2) is 30.0 Å². The average Bonchev–Trinajstić information content (AvgIpc) is 2.33. The van der Waals surface area contributed by atoms with Gasteiger partial charge in [0.1, 0.15) is 0 Å². The van der Waals surface area contributed by atoms with Gasteiger partial charge < -0.3 is 16.4 Å². The number of amides is 1. The summed E-state index contributed by atoms with van der Waals surface area (Å²) < 4.78 is 0. The van der Waals surface area contributed by atoms with E-state index in [0.29, 0.717) is 11.6 Å². The largest absolute Gasteiger partial charge is 0.379 e. The number of carbonyl (C=O) groups excluding carboxylic acids is 1. The molecule has 3 rings (SSSR count). The molecule has 5 nitrogen and oxygen atoms in total. The standard InChI is InChI=1S/C13H14N4O/c14-13(18)10-7-16-11-4-2-1-3-9(11)12(10)17-8-5-15-6-8/h1-4,7-8,15H,5-6H2,(H2,14,18)(H,16,17). The molecule has 0 bridgehead atoms. The minimum atomic E-state index is -0.456. The van der Waals surface area contributed by atoms with Crippen molar-refractivity contribution in [3.05, 3.63) is 36.0 Å². The van der Waals surface area contributed by atoms with Gasteiger partial charge in [-0.3, -0.25) is 9.78 Å². The predicted molar refractivity (Wildman–Crippen MR) is 70.5 cm³/mol. The molecule has 5 heteroatoms. The molecule has 0 radical (unpaired) electrons. The minimum Gasteiger partial charge on any atom is -0.379 e. The molecule has 1 fully saturated rings. The van der Waals surface area contributed by atoms with E-state index in [0.717, 1.165) is 29.7 Å². The number of hydrogen-bond acceptors (Lipinski definition) is 4. The summed E-state index contributed by atoms with van der Waals surface area (Å²) in [4.78, 5) is 15.7. The maximum Gasteiger partial charge on any atom is 0.252 e. The lowest BCUT2D eigenvalue weighted by Gasteiger charge is -2.30. The zero-order valence-corrected chi connectivity index (χ0v) is 9.81. The number of nitrogens with zero attached hydrogens (tertiary/aromatic N) is 1. The van der Waals surface area contributed by atoms with Crippen LogP contribution in [0.1, 0.15) is 10.4 Å². The monoisotopic (exact) mass is 242 g/mol. The molecule has 0 aliphatic carbocycles. The first-order chi connectivity index (χ1) is 8.75. The summed E-state index contributed by atoms with van der Waals surface area (Å²) >= 11 is 0. The minimum absolute atomic E-state index is 0.342. The van der Waals surface area contributed by atoms with Crippen molar-refractivity contribution in [3.8, 4) is 0 Å². The molecule has 1 saturated heterocycles. The van der Waals surface area contributed by atoms with Gasteiger partial charge in [-0.2, -0.15) is 0 Å². The van der Waals surface area contributed by atoms with Gasteiger partial charge in [0.05, 0.1) is 22.8 Å². The van der Waals surface area contributed by atoms with Crippen molar-refractivity contribution < 1.29 is 4.79 Å². The summed E-state index contributed by atoms with van der Waals surface area (Å²) in [7, 11) is 0. The van der Waals surface area contributed by atoms with Gasteiger partial charge in [-0.1, -0.05) is 18.2 Å². The molecule has 2 heterocycles. The van der Waals surface area contributed by atoms with Crippen LogP contribution in [0.25, 0.3) is 10.9 Å². The lowest BCUT2D eigenvalue weighted by molar-refractivity contribution is 0.100. The van der Waals surface area contributed by atoms with Gasteiger partial charge in [0.15, 0.2) is 0 Å². The van der Waals surface area contributed by atoms with E-state index in [4.69, 9.17) is 5.73 Å². The molecular weight excluding hydrogens is 228 g/mol. The summed E-state index contributed by atoms with van der Waals surface area (Å²) in [5.41, 5.74) is 7.50. The molecule has 1 aromatic carbocycles. The van der Waals surface area contributed by atoms with E-state index in [1.165, 1.54) is 0 Å². The maximum absolute atomic E-state index is 11.5. The molecule has 0 atom stereocenters. The lowest BCUT2D eigenvalue weighted by atomic mass is 10.1. The van der Waals surface area contributed by atoms with Crippen LogP contribution in [-0.2, 0) is 0 Å².